The fraction of sp³-hybridized carbons (Fsp3) is 0.409. The minimum absolute atomic E-state index is 0.0420. The van der Waals surface area contributed by atoms with E-state index in [0.717, 1.165) is 12.2 Å². The van der Waals surface area contributed by atoms with E-state index in [1.807, 2.05) is 22.7 Å². The van der Waals surface area contributed by atoms with Crippen molar-refractivity contribution in [1.82, 2.24) is 9.21 Å². The molecule has 0 N–H and O–H groups in total. The zero-order chi connectivity index (χ0) is 21.0. The summed E-state index contributed by atoms with van der Waals surface area (Å²) in [5.41, 5.74) is 1.83. The average molecular weight is 447 g/mol. The van der Waals surface area contributed by atoms with Crippen LogP contribution in [0.15, 0.2) is 59.5 Å². The molecule has 0 aromatic heterocycles. The molecule has 2 aliphatic rings. The maximum absolute atomic E-state index is 13.0. The lowest BCUT2D eigenvalue weighted by Gasteiger charge is -2.26. The van der Waals surface area contributed by atoms with Crippen LogP contribution in [0.2, 0.25) is 0 Å². The van der Waals surface area contributed by atoms with Crippen molar-refractivity contribution in [2.45, 2.75) is 16.6 Å². The fourth-order valence-corrected chi connectivity index (χ4v) is 6.44. The van der Waals surface area contributed by atoms with Crippen LogP contribution in [-0.2, 0) is 14.8 Å². The second kappa shape index (κ2) is 9.51. The molecule has 2 aromatic carbocycles. The highest BCUT2D eigenvalue weighted by Gasteiger charge is 2.27. The van der Waals surface area contributed by atoms with E-state index in [-0.39, 0.29) is 10.8 Å². The first-order valence-corrected chi connectivity index (χ1v) is 12.7. The first-order chi connectivity index (χ1) is 14.6. The van der Waals surface area contributed by atoms with Gasteiger partial charge in [0.05, 0.1) is 18.1 Å². The number of hydrogen-bond acceptors (Lipinski definition) is 5. The Balaban J connectivity index is 1.42. The molecule has 2 aliphatic heterocycles. The number of morpholine rings is 1. The largest absolute Gasteiger partial charge is 0.379 e. The van der Waals surface area contributed by atoms with Crippen LogP contribution in [-0.4, -0.2) is 68.7 Å². The first kappa shape index (κ1) is 21.4. The smallest absolute Gasteiger partial charge is 0.253 e. The van der Waals surface area contributed by atoms with Gasteiger partial charge in [-0.15, -0.1) is 0 Å². The van der Waals surface area contributed by atoms with Crippen LogP contribution >= 0.6 is 11.8 Å². The van der Waals surface area contributed by atoms with E-state index < -0.39 is 10.0 Å². The number of carbonyl (C=O) groups is 1. The number of amides is 1. The Labute approximate surface area is 182 Å². The lowest BCUT2D eigenvalue weighted by Crippen LogP contribution is -2.40. The molecule has 1 unspecified atom stereocenters. The minimum atomic E-state index is -3.55. The predicted octanol–water partition coefficient (Wildman–Crippen LogP) is 3.03. The Hall–Kier alpha value is -1.87. The Morgan fingerprint density at radius 1 is 0.933 bits per heavy atom. The Morgan fingerprint density at radius 2 is 1.63 bits per heavy atom. The van der Waals surface area contributed by atoms with Crippen molar-refractivity contribution in [2.75, 3.05) is 45.1 Å². The summed E-state index contributed by atoms with van der Waals surface area (Å²) >= 11 is 1.89. The van der Waals surface area contributed by atoms with E-state index in [2.05, 4.69) is 24.3 Å². The Morgan fingerprint density at radius 3 is 2.33 bits per heavy atom. The van der Waals surface area contributed by atoms with Gasteiger partial charge in [-0.2, -0.15) is 16.1 Å². The lowest BCUT2D eigenvalue weighted by molar-refractivity contribution is 0.0730. The van der Waals surface area contributed by atoms with Crippen LogP contribution in [0.5, 0.6) is 0 Å². The second-order valence-electron chi connectivity index (χ2n) is 7.39. The van der Waals surface area contributed by atoms with Gasteiger partial charge in [0.15, 0.2) is 0 Å². The molecule has 2 heterocycles. The highest BCUT2D eigenvalue weighted by molar-refractivity contribution is 7.99. The molecule has 0 saturated carbocycles. The van der Waals surface area contributed by atoms with Gasteiger partial charge in [-0.25, -0.2) is 8.42 Å². The molecule has 0 aliphatic carbocycles. The molecule has 160 valence electrons. The molecule has 0 spiro atoms. The second-order valence-corrected chi connectivity index (χ2v) is 10.6. The quantitative estimate of drug-likeness (QED) is 0.722. The Bertz CT molecular complexity index is 958. The van der Waals surface area contributed by atoms with E-state index in [1.165, 1.54) is 22.0 Å². The number of benzene rings is 2. The highest BCUT2D eigenvalue weighted by atomic mass is 32.2. The van der Waals surface area contributed by atoms with Crippen LogP contribution in [0.1, 0.15) is 27.6 Å². The summed E-state index contributed by atoms with van der Waals surface area (Å²) in [7, 11) is -3.55. The molecule has 2 fully saturated rings. The third-order valence-corrected chi connectivity index (χ3v) is 8.75. The number of hydrogen-bond donors (Lipinski definition) is 0. The predicted molar refractivity (Wildman–Crippen MR) is 118 cm³/mol. The van der Waals surface area contributed by atoms with Crippen molar-refractivity contribution in [3.05, 3.63) is 65.7 Å². The van der Waals surface area contributed by atoms with Crippen molar-refractivity contribution in [2.24, 2.45) is 0 Å². The molecule has 4 rings (SSSR count). The van der Waals surface area contributed by atoms with Gasteiger partial charge >= 0.3 is 0 Å². The standard InChI is InChI=1S/C22H26N2O4S2/c25-22(23-11-10-21(29-17-14-23)18-4-2-1-3-5-18)19-6-8-20(9-7-19)30(26,27)24-12-15-28-16-13-24/h1-9,21H,10-17H2. The van der Waals surface area contributed by atoms with Crippen molar-refractivity contribution < 1.29 is 17.9 Å². The van der Waals surface area contributed by atoms with Gasteiger partial charge in [0.25, 0.3) is 5.91 Å². The number of ether oxygens (including phenoxy) is 1. The minimum Gasteiger partial charge on any atom is -0.379 e. The van der Waals surface area contributed by atoms with Gasteiger partial charge in [-0.05, 0) is 36.2 Å². The summed E-state index contributed by atoms with van der Waals surface area (Å²) in [6, 6.07) is 16.7. The topological polar surface area (TPSA) is 66.9 Å². The molecule has 0 radical (unpaired) electrons. The maximum atomic E-state index is 13.0. The van der Waals surface area contributed by atoms with Crippen LogP contribution in [0.4, 0.5) is 0 Å². The van der Waals surface area contributed by atoms with E-state index >= 15 is 0 Å². The van der Waals surface area contributed by atoms with Crippen LogP contribution < -0.4 is 0 Å². The van der Waals surface area contributed by atoms with Gasteiger partial charge < -0.3 is 9.64 Å². The van der Waals surface area contributed by atoms with E-state index in [4.69, 9.17) is 4.74 Å². The fourth-order valence-electron chi connectivity index (χ4n) is 3.80. The van der Waals surface area contributed by atoms with Crippen LogP contribution in [0.3, 0.4) is 0 Å². The molecule has 8 heteroatoms. The van der Waals surface area contributed by atoms with E-state index in [9.17, 15) is 13.2 Å². The maximum Gasteiger partial charge on any atom is 0.253 e. The van der Waals surface area contributed by atoms with Crippen molar-refractivity contribution in [3.8, 4) is 0 Å². The molecular formula is C22H26N2O4S2. The zero-order valence-electron chi connectivity index (χ0n) is 16.8. The van der Waals surface area contributed by atoms with Crippen molar-refractivity contribution in [3.63, 3.8) is 0 Å². The molecule has 6 nitrogen and oxygen atoms in total. The zero-order valence-corrected chi connectivity index (χ0v) is 18.4. The average Bonchev–Trinajstić information content (AvgIpc) is 3.06. The van der Waals surface area contributed by atoms with Crippen LogP contribution in [0, 0.1) is 0 Å². The van der Waals surface area contributed by atoms with Gasteiger partial charge in [0.2, 0.25) is 10.0 Å². The molecule has 2 aromatic rings. The van der Waals surface area contributed by atoms with Gasteiger partial charge in [0, 0.05) is 42.7 Å². The summed E-state index contributed by atoms with van der Waals surface area (Å²) < 4.78 is 32.2. The van der Waals surface area contributed by atoms with Crippen LogP contribution in [0.25, 0.3) is 0 Å². The summed E-state index contributed by atoms with van der Waals surface area (Å²) in [4.78, 5) is 15.1. The van der Waals surface area contributed by atoms with E-state index in [1.54, 1.807) is 12.1 Å². The summed E-state index contributed by atoms with van der Waals surface area (Å²) in [5, 5.41) is 0.394. The molecule has 1 atom stereocenters. The molecule has 0 bridgehead atoms. The number of thioether (sulfide) groups is 1. The Kier molecular flexibility index (Phi) is 6.77. The first-order valence-electron chi connectivity index (χ1n) is 10.2. The van der Waals surface area contributed by atoms with E-state index in [0.29, 0.717) is 50.2 Å². The lowest BCUT2D eigenvalue weighted by atomic mass is 10.1. The highest BCUT2D eigenvalue weighted by Crippen LogP contribution is 2.34. The van der Waals surface area contributed by atoms with Crippen molar-refractivity contribution >= 4 is 27.7 Å². The molecule has 30 heavy (non-hydrogen) atoms. The summed E-state index contributed by atoms with van der Waals surface area (Å²) in [6.07, 6.45) is 0.907. The third-order valence-electron chi connectivity index (χ3n) is 5.51. The summed E-state index contributed by atoms with van der Waals surface area (Å²) in [6.45, 7) is 2.92. The summed E-state index contributed by atoms with van der Waals surface area (Å²) in [5.74, 6) is 0.842. The number of nitrogens with zero attached hydrogens (tertiary/aromatic N) is 2. The molecule has 1 amide bonds. The monoisotopic (exact) mass is 446 g/mol. The number of carbonyl (C=O) groups excluding carboxylic acids is 1. The van der Waals surface area contributed by atoms with Gasteiger partial charge in [0.1, 0.15) is 0 Å². The van der Waals surface area contributed by atoms with Gasteiger partial charge in [-0.1, -0.05) is 30.3 Å². The molecule has 2 saturated heterocycles. The SMILES string of the molecule is O=C(c1ccc(S(=O)(=O)N2CCOCC2)cc1)N1CCSC(c2ccccc2)CC1. The molecular weight excluding hydrogens is 420 g/mol. The van der Waals surface area contributed by atoms with Crippen molar-refractivity contribution in [1.29, 1.82) is 0 Å². The normalized spacial score (nSPS) is 21.2. The van der Waals surface area contributed by atoms with Gasteiger partial charge in [-0.3, -0.25) is 4.79 Å². The third kappa shape index (κ3) is 4.72. The number of rotatable bonds is 4. The number of sulfonamides is 1.